The number of sulfonamides is 1. The van der Waals surface area contributed by atoms with Crippen molar-refractivity contribution in [3.05, 3.63) is 28.1 Å². The maximum atomic E-state index is 11.4. The zero-order valence-electron chi connectivity index (χ0n) is 10.1. The number of anilines is 1. The van der Waals surface area contributed by atoms with Crippen molar-refractivity contribution < 1.29 is 17.9 Å². The number of thiophene rings is 1. The molecule has 1 aromatic carbocycles. The number of hydrogen-bond acceptors (Lipinski definition) is 5. The summed E-state index contributed by atoms with van der Waals surface area (Å²) in [7, 11) is -2.10. The van der Waals surface area contributed by atoms with Crippen molar-refractivity contribution in [2.75, 3.05) is 18.1 Å². The van der Waals surface area contributed by atoms with Crippen molar-refractivity contribution in [3.8, 4) is 0 Å². The van der Waals surface area contributed by atoms with Gasteiger partial charge in [-0.1, -0.05) is 11.6 Å². The number of fused-ring (bicyclic) bond motifs is 1. The Morgan fingerprint density at radius 3 is 2.63 bits per heavy atom. The summed E-state index contributed by atoms with van der Waals surface area (Å²) in [5.41, 5.74) is 0.287. The van der Waals surface area contributed by atoms with E-state index < -0.39 is 16.0 Å². The summed E-state index contributed by atoms with van der Waals surface area (Å²) in [6, 6.07) is 4.85. The lowest BCUT2D eigenvalue weighted by Gasteiger charge is -2.05. The first kappa shape index (κ1) is 14.1. The van der Waals surface area contributed by atoms with Crippen molar-refractivity contribution in [1.82, 2.24) is 0 Å². The molecule has 0 spiro atoms. The topological polar surface area (TPSA) is 72.5 Å². The molecule has 0 fully saturated rings. The molecule has 0 aliphatic rings. The average molecular weight is 320 g/mol. The number of esters is 1. The quantitative estimate of drug-likeness (QED) is 0.883. The molecule has 19 heavy (non-hydrogen) atoms. The van der Waals surface area contributed by atoms with E-state index in [0.717, 1.165) is 16.3 Å². The van der Waals surface area contributed by atoms with Crippen LogP contribution in [-0.4, -0.2) is 27.8 Å². The van der Waals surface area contributed by atoms with Crippen molar-refractivity contribution in [2.24, 2.45) is 0 Å². The predicted octanol–water partition coefficient (Wildman–Crippen LogP) is 2.71. The molecular weight excluding hydrogens is 310 g/mol. The summed E-state index contributed by atoms with van der Waals surface area (Å²) in [5.74, 6) is -0.435. The molecule has 1 aromatic heterocycles. The number of methoxy groups -OCH3 is 1. The van der Waals surface area contributed by atoms with E-state index >= 15 is 0 Å². The minimum absolute atomic E-state index is 0.271. The Hall–Kier alpha value is -1.31. The summed E-state index contributed by atoms with van der Waals surface area (Å²) in [4.78, 5) is 11.9. The van der Waals surface area contributed by atoms with Gasteiger partial charge in [0.05, 0.1) is 24.1 Å². The van der Waals surface area contributed by atoms with Crippen LogP contribution in [0.15, 0.2) is 18.2 Å². The van der Waals surface area contributed by atoms with Crippen LogP contribution in [0, 0.1) is 0 Å². The summed E-state index contributed by atoms with van der Waals surface area (Å²) in [6.07, 6.45) is 1.04. The Bertz CT molecular complexity index is 751. The molecule has 5 nitrogen and oxygen atoms in total. The Labute approximate surface area is 119 Å². The first-order valence-corrected chi connectivity index (χ1v) is 8.18. The molecular formula is C11H10ClNO4S2. The van der Waals surface area contributed by atoms with Crippen LogP contribution in [0.4, 0.5) is 5.69 Å². The highest BCUT2D eigenvalue weighted by molar-refractivity contribution is 7.92. The molecule has 102 valence electrons. The zero-order valence-corrected chi connectivity index (χ0v) is 12.4. The maximum Gasteiger partial charge on any atom is 0.348 e. The normalized spacial score (nSPS) is 11.5. The number of halogens is 1. The van der Waals surface area contributed by atoms with Crippen molar-refractivity contribution in [1.29, 1.82) is 0 Å². The van der Waals surface area contributed by atoms with Crippen LogP contribution in [0.2, 0.25) is 5.02 Å². The highest BCUT2D eigenvalue weighted by Gasteiger charge is 2.13. The van der Waals surface area contributed by atoms with Gasteiger partial charge in [-0.2, -0.15) is 0 Å². The molecule has 1 heterocycles. The van der Waals surface area contributed by atoms with Gasteiger partial charge in [0, 0.05) is 4.70 Å². The number of carbonyl (C=O) groups excluding carboxylic acids is 1. The van der Waals surface area contributed by atoms with Crippen LogP contribution in [0.3, 0.4) is 0 Å². The van der Waals surface area contributed by atoms with Gasteiger partial charge in [-0.25, -0.2) is 13.2 Å². The van der Waals surface area contributed by atoms with Crippen molar-refractivity contribution in [2.45, 2.75) is 0 Å². The SMILES string of the molecule is COC(=O)c1cc2cc(Cl)c(NS(C)(=O)=O)cc2s1. The van der Waals surface area contributed by atoms with E-state index in [1.807, 2.05) is 0 Å². The second-order valence-corrected chi connectivity index (χ2v) is 7.09. The van der Waals surface area contributed by atoms with E-state index in [2.05, 4.69) is 9.46 Å². The molecule has 2 aromatic rings. The van der Waals surface area contributed by atoms with Crippen LogP contribution < -0.4 is 4.72 Å². The third-order valence-electron chi connectivity index (χ3n) is 2.29. The minimum Gasteiger partial charge on any atom is -0.465 e. The van der Waals surface area contributed by atoms with Crippen LogP contribution in [0.5, 0.6) is 0 Å². The molecule has 0 amide bonds. The van der Waals surface area contributed by atoms with E-state index in [1.165, 1.54) is 18.4 Å². The molecule has 0 unspecified atom stereocenters. The summed E-state index contributed by atoms with van der Waals surface area (Å²) >= 11 is 7.20. The highest BCUT2D eigenvalue weighted by Crippen LogP contribution is 2.34. The van der Waals surface area contributed by atoms with Gasteiger partial charge in [0.1, 0.15) is 4.88 Å². The van der Waals surface area contributed by atoms with Gasteiger partial charge in [0.25, 0.3) is 0 Å². The lowest BCUT2D eigenvalue weighted by molar-refractivity contribution is 0.0606. The summed E-state index contributed by atoms with van der Waals surface area (Å²) in [5, 5.41) is 1.03. The van der Waals surface area contributed by atoms with E-state index in [1.54, 1.807) is 18.2 Å². The van der Waals surface area contributed by atoms with Crippen LogP contribution in [0.25, 0.3) is 10.1 Å². The third kappa shape index (κ3) is 3.17. The monoisotopic (exact) mass is 319 g/mol. The van der Waals surface area contributed by atoms with Crippen LogP contribution in [-0.2, 0) is 14.8 Å². The first-order chi connectivity index (χ1) is 8.80. The van der Waals surface area contributed by atoms with Crippen LogP contribution in [0.1, 0.15) is 9.67 Å². The molecule has 0 atom stereocenters. The number of nitrogens with one attached hydrogen (secondary N) is 1. The van der Waals surface area contributed by atoms with Crippen molar-refractivity contribution >= 4 is 54.7 Å². The highest BCUT2D eigenvalue weighted by atomic mass is 35.5. The van der Waals surface area contributed by atoms with Gasteiger partial charge in [-0.05, 0) is 23.6 Å². The fourth-order valence-corrected chi connectivity index (χ4v) is 3.38. The summed E-state index contributed by atoms with van der Waals surface area (Å²) in [6.45, 7) is 0. The molecule has 0 saturated carbocycles. The molecule has 0 aliphatic carbocycles. The standard InChI is InChI=1S/C11H10ClNO4S2/c1-17-11(14)10-4-6-3-7(12)8(5-9(6)18-10)13-19(2,15)16/h3-5,13H,1-2H3. The van der Waals surface area contributed by atoms with E-state index in [4.69, 9.17) is 11.6 Å². The molecule has 0 bridgehead atoms. The predicted molar refractivity (Wildman–Crippen MR) is 76.6 cm³/mol. The van der Waals surface area contributed by atoms with E-state index in [0.29, 0.717) is 4.88 Å². The Morgan fingerprint density at radius 2 is 2.05 bits per heavy atom. The number of hydrogen-bond donors (Lipinski definition) is 1. The Balaban J connectivity index is 2.53. The van der Waals surface area contributed by atoms with Crippen molar-refractivity contribution in [3.63, 3.8) is 0 Å². The molecule has 0 aliphatic heterocycles. The summed E-state index contributed by atoms with van der Waals surface area (Å²) < 4.78 is 30.1. The Morgan fingerprint density at radius 1 is 1.37 bits per heavy atom. The number of ether oxygens (including phenoxy) is 1. The van der Waals surface area contributed by atoms with Gasteiger partial charge < -0.3 is 4.74 Å². The fraction of sp³-hybridized carbons (Fsp3) is 0.182. The molecule has 0 saturated heterocycles. The number of benzene rings is 1. The lowest BCUT2D eigenvalue weighted by Crippen LogP contribution is -2.09. The smallest absolute Gasteiger partial charge is 0.348 e. The van der Waals surface area contributed by atoms with Crippen LogP contribution >= 0.6 is 22.9 Å². The van der Waals surface area contributed by atoms with Gasteiger partial charge in [0.15, 0.2) is 0 Å². The lowest BCUT2D eigenvalue weighted by atomic mass is 10.2. The molecule has 0 radical (unpaired) electrons. The zero-order chi connectivity index (χ0) is 14.2. The van der Waals surface area contributed by atoms with E-state index in [9.17, 15) is 13.2 Å². The second kappa shape index (κ2) is 4.99. The van der Waals surface area contributed by atoms with E-state index in [-0.39, 0.29) is 10.7 Å². The third-order valence-corrected chi connectivity index (χ3v) is 4.27. The number of rotatable bonds is 3. The largest absolute Gasteiger partial charge is 0.465 e. The molecule has 1 N–H and O–H groups in total. The maximum absolute atomic E-state index is 11.4. The molecule has 8 heteroatoms. The number of carbonyl (C=O) groups is 1. The first-order valence-electron chi connectivity index (χ1n) is 5.09. The second-order valence-electron chi connectivity index (χ2n) is 3.85. The Kier molecular flexibility index (Phi) is 3.71. The van der Waals surface area contributed by atoms with Gasteiger partial charge in [0.2, 0.25) is 10.0 Å². The van der Waals surface area contributed by atoms with Gasteiger partial charge in [-0.3, -0.25) is 4.72 Å². The van der Waals surface area contributed by atoms with Gasteiger partial charge >= 0.3 is 5.97 Å². The fourth-order valence-electron chi connectivity index (χ4n) is 1.54. The molecule has 2 rings (SSSR count). The van der Waals surface area contributed by atoms with Gasteiger partial charge in [-0.15, -0.1) is 11.3 Å². The average Bonchev–Trinajstić information content (AvgIpc) is 2.69. The minimum atomic E-state index is -3.40.